The molecule has 0 spiro atoms. The first kappa shape index (κ1) is 25.1. The van der Waals surface area contributed by atoms with Gasteiger partial charge < -0.3 is 10.2 Å². The van der Waals surface area contributed by atoms with E-state index in [4.69, 9.17) is 4.99 Å². The summed E-state index contributed by atoms with van der Waals surface area (Å²) in [4.78, 5) is 35.3. The van der Waals surface area contributed by atoms with E-state index in [2.05, 4.69) is 35.3 Å². The van der Waals surface area contributed by atoms with Gasteiger partial charge in [0.1, 0.15) is 0 Å². The molecule has 1 saturated heterocycles. The van der Waals surface area contributed by atoms with E-state index in [1.54, 1.807) is 4.57 Å². The molecule has 4 aromatic rings. The van der Waals surface area contributed by atoms with Crippen LogP contribution in [0.5, 0.6) is 0 Å². The van der Waals surface area contributed by atoms with Crippen LogP contribution in [0.4, 0.5) is 11.4 Å². The Kier molecular flexibility index (Phi) is 6.75. The van der Waals surface area contributed by atoms with Gasteiger partial charge >= 0.3 is 0 Å². The molecule has 6 nitrogen and oxygen atoms in total. The minimum absolute atomic E-state index is 0.147. The lowest BCUT2D eigenvalue weighted by atomic mass is 9.95. The number of hydrogen-bond donors (Lipinski definition) is 1. The third kappa shape index (κ3) is 4.86. The van der Waals surface area contributed by atoms with Crippen molar-refractivity contribution in [2.75, 3.05) is 23.3 Å². The Balaban J connectivity index is 1.43. The predicted molar refractivity (Wildman–Crippen MR) is 158 cm³/mol. The summed E-state index contributed by atoms with van der Waals surface area (Å²) in [5.74, 6) is -0.265. The number of rotatable bonds is 5. The molecule has 1 amide bonds. The molecule has 2 aliphatic heterocycles. The van der Waals surface area contributed by atoms with E-state index in [1.807, 2.05) is 73.7 Å². The van der Waals surface area contributed by atoms with Crippen molar-refractivity contribution >= 4 is 34.7 Å². The summed E-state index contributed by atoms with van der Waals surface area (Å²) in [6.07, 6.45) is 4.40. The normalized spacial score (nSPS) is 17.2. The number of anilines is 2. The number of allylic oxidation sites excluding steroid dienone is 1. The zero-order chi connectivity index (χ0) is 26.9. The van der Waals surface area contributed by atoms with Crippen LogP contribution in [0.15, 0.2) is 99.9 Å². The molecule has 1 atom stereocenters. The van der Waals surface area contributed by atoms with Gasteiger partial charge in [-0.1, -0.05) is 65.9 Å². The van der Waals surface area contributed by atoms with Crippen LogP contribution in [-0.4, -0.2) is 23.6 Å². The second-order valence-corrected chi connectivity index (χ2v) is 11.1. The zero-order valence-electron chi connectivity index (χ0n) is 22.1. The highest BCUT2D eigenvalue weighted by molar-refractivity contribution is 7.07. The van der Waals surface area contributed by atoms with Crippen LogP contribution in [0.2, 0.25) is 0 Å². The van der Waals surface area contributed by atoms with E-state index in [0.717, 1.165) is 24.2 Å². The number of amides is 1. The Labute approximate surface area is 231 Å². The third-order valence-corrected chi connectivity index (χ3v) is 8.36. The molecular formula is C32H30N4O2S. The molecule has 2 aliphatic rings. The number of aryl methyl sites for hydroxylation is 1. The molecule has 7 heteroatoms. The van der Waals surface area contributed by atoms with Gasteiger partial charge in [0, 0.05) is 24.5 Å². The summed E-state index contributed by atoms with van der Waals surface area (Å²) in [6.45, 7) is 6.16. The van der Waals surface area contributed by atoms with Gasteiger partial charge in [-0.25, -0.2) is 4.99 Å². The Morgan fingerprint density at radius 1 is 0.974 bits per heavy atom. The summed E-state index contributed by atoms with van der Waals surface area (Å²) in [5.41, 5.74) is 5.94. The average Bonchev–Trinajstić information content (AvgIpc) is 3.57. The fraction of sp³-hybridized carbons (Fsp3) is 0.219. The van der Waals surface area contributed by atoms with E-state index in [9.17, 15) is 9.59 Å². The molecule has 0 radical (unpaired) electrons. The van der Waals surface area contributed by atoms with Crippen LogP contribution in [0.1, 0.15) is 42.5 Å². The molecular weight excluding hydrogens is 504 g/mol. The minimum Gasteiger partial charge on any atom is -0.371 e. The highest BCUT2D eigenvalue weighted by Gasteiger charge is 2.32. The molecule has 1 fully saturated rings. The van der Waals surface area contributed by atoms with E-state index >= 15 is 0 Å². The maximum absolute atomic E-state index is 13.9. The number of carbonyl (C=O) groups is 1. The van der Waals surface area contributed by atoms with Gasteiger partial charge in [-0.15, -0.1) is 0 Å². The molecule has 39 heavy (non-hydrogen) atoms. The number of benzene rings is 3. The largest absolute Gasteiger partial charge is 0.371 e. The fourth-order valence-electron chi connectivity index (χ4n) is 5.52. The van der Waals surface area contributed by atoms with Crippen LogP contribution >= 0.6 is 11.3 Å². The van der Waals surface area contributed by atoms with E-state index in [0.29, 0.717) is 26.3 Å². The van der Waals surface area contributed by atoms with Crippen molar-refractivity contribution in [1.82, 2.24) is 4.57 Å². The molecule has 1 N–H and O–H groups in total. The Bertz CT molecular complexity index is 1750. The van der Waals surface area contributed by atoms with Gasteiger partial charge in [-0.05, 0) is 73.7 Å². The molecule has 3 aromatic carbocycles. The van der Waals surface area contributed by atoms with Crippen molar-refractivity contribution in [2.24, 2.45) is 4.99 Å². The molecule has 6 rings (SSSR count). The van der Waals surface area contributed by atoms with Gasteiger partial charge in [0.2, 0.25) is 0 Å². The van der Waals surface area contributed by atoms with E-state index in [-0.39, 0.29) is 11.5 Å². The number of hydrogen-bond acceptors (Lipinski definition) is 5. The lowest BCUT2D eigenvalue weighted by Gasteiger charge is -2.25. The number of fused-ring (bicyclic) bond motifs is 1. The SMILES string of the molecule is CC1=C(C(=O)Nc2ccccc2)[C@H](c2ccccc2)n2c(s/c(=C/c3ccc(N4CCCC4)c(C)c3)c2=O)=N1. The maximum Gasteiger partial charge on any atom is 0.271 e. The summed E-state index contributed by atoms with van der Waals surface area (Å²) in [7, 11) is 0. The fourth-order valence-corrected chi connectivity index (χ4v) is 6.56. The first-order chi connectivity index (χ1) is 19.0. The molecule has 196 valence electrons. The predicted octanol–water partition coefficient (Wildman–Crippen LogP) is 4.78. The number of nitrogens with zero attached hydrogens (tertiary/aromatic N) is 3. The number of nitrogens with one attached hydrogen (secondary N) is 1. The summed E-state index contributed by atoms with van der Waals surface area (Å²) in [6, 6.07) is 24.8. The van der Waals surface area contributed by atoms with Crippen LogP contribution in [0.3, 0.4) is 0 Å². The van der Waals surface area contributed by atoms with Crippen molar-refractivity contribution < 1.29 is 4.79 Å². The van der Waals surface area contributed by atoms with Gasteiger partial charge in [0.25, 0.3) is 11.5 Å². The number of carbonyl (C=O) groups excluding carboxylic acids is 1. The number of thiazole rings is 1. The lowest BCUT2D eigenvalue weighted by molar-refractivity contribution is -0.113. The monoisotopic (exact) mass is 534 g/mol. The van der Waals surface area contributed by atoms with Crippen LogP contribution < -0.4 is 25.1 Å². The van der Waals surface area contributed by atoms with Crippen LogP contribution in [0, 0.1) is 6.92 Å². The van der Waals surface area contributed by atoms with E-state index < -0.39 is 6.04 Å². The minimum atomic E-state index is -0.576. The number of para-hydroxylation sites is 1. The lowest BCUT2D eigenvalue weighted by Crippen LogP contribution is -2.40. The van der Waals surface area contributed by atoms with Crippen molar-refractivity contribution in [3.63, 3.8) is 0 Å². The van der Waals surface area contributed by atoms with Gasteiger partial charge in [0.05, 0.1) is 21.8 Å². The Morgan fingerprint density at radius 2 is 1.67 bits per heavy atom. The second-order valence-electron chi connectivity index (χ2n) is 10.1. The maximum atomic E-state index is 13.9. The van der Waals surface area contributed by atoms with E-state index in [1.165, 1.54) is 35.4 Å². The zero-order valence-corrected chi connectivity index (χ0v) is 22.9. The molecule has 0 unspecified atom stereocenters. The molecule has 0 aliphatic carbocycles. The third-order valence-electron chi connectivity index (χ3n) is 7.38. The Morgan fingerprint density at radius 3 is 2.36 bits per heavy atom. The summed E-state index contributed by atoms with van der Waals surface area (Å²) < 4.78 is 2.27. The standard InChI is InChI=1S/C32H30N4O2S/c1-21-19-23(15-16-26(21)35-17-9-10-18-35)20-27-31(38)36-29(24-11-5-3-6-12-24)28(22(2)33-32(36)39-27)30(37)34-25-13-7-4-8-14-25/h3-8,11-16,19-20,29H,9-10,17-18H2,1-2H3,(H,34,37)/b27-20+/t29-/m0/s1. The highest BCUT2D eigenvalue weighted by atomic mass is 32.1. The van der Waals surface area contributed by atoms with Crippen molar-refractivity contribution in [3.8, 4) is 0 Å². The topological polar surface area (TPSA) is 66.7 Å². The van der Waals surface area contributed by atoms with Crippen LogP contribution in [-0.2, 0) is 4.79 Å². The van der Waals surface area contributed by atoms with Crippen LogP contribution in [0.25, 0.3) is 6.08 Å². The van der Waals surface area contributed by atoms with Gasteiger partial charge in [-0.2, -0.15) is 0 Å². The first-order valence-corrected chi connectivity index (χ1v) is 14.1. The molecule has 0 bridgehead atoms. The smallest absolute Gasteiger partial charge is 0.271 e. The molecule has 1 aromatic heterocycles. The molecule has 3 heterocycles. The summed E-state index contributed by atoms with van der Waals surface area (Å²) in [5, 5.41) is 2.99. The molecule has 0 saturated carbocycles. The second kappa shape index (κ2) is 10.5. The summed E-state index contributed by atoms with van der Waals surface area (Å²) >= 11 is 1.36. The van der Waals surface area contributed by atoms with Gasteiger partial charge in [0.15, 0.2) is 4.80 Å². The Hall–Kier alpha value is -4.23. The van der Waals surface area contributed by atoms with Crippen molar-refractivity contribution in [2.45, 2.75) is 32.7 Å². The quantitative estimate of drug-likeness (QED) is 0.401. The highest BCUT2D eigenvalue weighted by Crippen LogP contribution is 2.31. The number of aromatic nitrogens is 1. The average molecular weight is 535 g/mol. The van der Waals surface area contributed by atoms with Crippen molar-refractivity contribution in [1.29, 1.82) is 0 Å². The first-order valence-electron chi connectivity index (χ1n) is 13.3. The van der Waals surface area contributed by atoms with Crippen molar-refractivity contribution in [3.05, 3.63) is 127 Å². The van der Waals surface area contributed by atoms with Gasteiger partial charge in [-0.3, -0.25) is 14.2 Å².